The molecule has 1 atom stereocenters. The Morgan fingerprint density at radius 3 is 1.75 bits per heavy atom. The van der Waals surface area contributed by atoms with Gasteiger partial charge < -0.3 is 14.6 Å². The number of hydrogen-bond acceptors (Lipinski definition) is 3. The molecule has 0 amide bonds. The van der Waals surface area contributed by atoms with Crippen molar-refractivity contribution in [1.29, 1.82) is 0 Å². The van der Waals surface area contributed by atoms with Crippen molar-refractivity contribution in [3.05, 3.63) is 23.8 Å². The highest BCUT2D eigenvalue weighted by Gasteiger charge is 2.24. The molecule has 0 saturated heterocycles. The maximum Gasteiger partial charge on any atom is 0.122 e. The van der Waals surface area contributed by atoms with Gasteiger partial charge in [-0.1, -0.05) is 20.8 Å². The van der Waals surface area contributed by atoms with Gasteiger partial charge in [-0.2, -0.15) is 0 Å². The SMILES string of the molecule is COc1cc(OC)cc(C(O)C(C)(C)C)c1. The van der Waals surface area contributed by atoms with Crippen LogP contribution >= 0.6 is 0 Å². The summed E-state index contributed by atoms with van der Waals surface area (Å²) in [5, 5.41) is 10.2. The van der Waals surface area contributed by atoms with E-state index in [4.69, 9.17) is 9.47 Å². The second-order valence-corrected chi connectivity index (χ2v) is 4.91. The van der Waals surface area contributed by atoms with Gasteiger partial charge >= 0.3 is 0 Å². The zero-order valence-corrected chi connectivity index (χ0v) is 10.6. The first-order chi connectivity index (χ1) is 7.38. The van der Waals surface area contributed by atoms with Gasteiger partial charge in [0.05, 0.1) is 20.3 Å². The molecule has 1 rings (SSSR count). The van der Waals surface area contributed by atoms with Crippen LogP contribution in [-0.4, -0.2) is 19.3 Å². The molecule has 0 heterocycles. The summed E-state index contributed by atoms with van der Waals surface area (Å²) in [4.78, 5) is 0. The van der Waals surface area contributed by atoms with Crippen molar-refractivity contribution in [2.45, 2.75) is 26.9 Å². The fourth-order valence-electron chi connectivity index (χ4n) is 1.49. The molecule has 1 aromatic rings. The van der Waals surface area contributed by atoms with Crippen LogP contribution in [0.4, 0.5) is 0 Å². The third-order valence-electron chi connectivity index (χ3n) is 2.51. The Labute approximate surface area is 97.0 Å². The third kappa shape index (κ3) is 2.89. The number of hydrogen-bond donors (Lipinski definition) is 1. The van der Waals surface area contributed by atoms with E-state index in [0.29, 0.717) is 11.5 Å². The lowest BCUT2D eigenvalue weighted by molar-refractivity contribution is 0.0623. The van der Waals surface area contributed by atoms with Gasteiger partial charge in [0.25, 0.3) is 0 Å². The molecular weight excluding hydrogens is 204 g/mol. The van der Waals surface area contributed by atoms with Crippen molar-refractivity contribution in [3.63, 3.8) is 0 Å². The lowest BCUT2D eigenvalue weighted by Gasteiger charge is -2.26. The number of rotatable bonds is 3. The predicted molar refractivity (Wildman–Crippen MR) is 64.0 cm³/mol. The van der Waals surface area contributed by atoms with Gasteiger partial charge in [-0.05, 0) is 23.1 Å². The second kappa shape index (κ2) is 4.74. The zero-order chi connectivity index (χ0) is 12.3. The first-order valence-corrected chi connectivity index (χ1v) is 5.29. The molecule has 0 aromatic heterocycles. The molecule has 0 fully saturated rings. The number of methoxy groups -OCH3 is 2. The second-order valence-electron chi connectivity index (χ2n) is 4.91. The molecule has 0 aliphatic carbocycles. The van der Waals surface area contributed by atoms with E-state index < -0.39 is 6.10 Å². The Morgan fingerprint density at radius 2 is 1.44 bits per heavy atom. The predicted octanol–water partition coefficient (Wildman–Crippen LogP) is 2.78. The van der Waals surface area contributed by atoms with Gasteiger partial charge in [-0.15, -0.1) is 0 Å². The van der Waals surface area contributed by atoms with E-state index >= 15 is 0 Å². The Balaban J connectivity index is 3.13. The van der Waals surface area contributed by atoms with Crippen molar-refractivity contribution in [2.75, 3.05) is 14.2 Å². The fourth-order valence-corrected chi connectivity index (χ4v) is 1.49. The van der Waals surface area contributed by atoms with Crippen LogP contribution in [0.15, 0.2) is 18.2 Å². The molecule has 90 valence electrons. The minimum atomic E-state index is -0.545. The molecule has 1 N–H and O–H groups in total. The molecule has 16 heavy (non-hydrogen) atoms. The summed E-state index contributed by atoms with van der Waals surface area (Å²) in [5.74, 6) is 1.38. The van der Waals surface area contributed by atoms with E-state index in [1.165, 1.54) is 0 Å². The number of aliphatic hydroxyl groups is 1. The van der Waals surface area contributed by atoms with Crippen LogP contribution in [0.25, 0.3) is 0 Å². The molecule has 0 aliphatic rings. The van der Waals surface area contributed by atoms with E-state index in [9.17, 15) is 5.11 Å². The lowest BCUT2D eigenvalue weighted by atomic mass is 9.85. The summed E-state index contributed by atoms with van der Waals surface area (Å²) < 4.78 is 10.3. The summed E-state index contributed by atoms with van der Waals surface area (Å²) in [6.45, 7) is 5.97. The molecule has 1 aromatic carbocycles. The standard InChI is InChI=1S/C13H20O3/c1-13(2,3)12(14)9-6-10(15-4)8-11(7-9)16-5/h6-8,12,14H,1-5H3. The van der Waals surface area contributed by atoms with Crippen LogP contribution < -0.4 is 9.47 Å². The summed E-state index contributed by atoms with van der Waals surface area (Å²) in [6, 6.07) is 5.45. The molecule has 1 unspecified atom stereocenters. The molecular formula is C13H20O3. The zero-order valence-electron chi connectivity index (χ0n) is 10.6. The minimum absolute atomic E-state index is 0.211. The van der Waals surface area contributed by atoms with Crippen LogP contribution in [0.2, 0.25) is 0 Å². The maximum absolute atomic E-state index is 10.2. The molecule has 0 spiro atoms. The summed E-state index contributed by atoms with van der Waals surface area (Å²) in [5.41, 5.74) is 0.598. The van der Waals surface area contributed by atoms with Crippen molar-refractivity contribution < 1.29 is 14.6 Å². The molecule has 0 aliphatic heterocycles. The van der Waals surface area contributed by atoms with Crippen molar-refractivity contribution in [2.24, 2.45) is 5.41 Å². The summed E-state index contributed by atoms with van der Waals surface area (Å²) in [7, 11) is 3.20. The minimum Gasteiger partial charge on any atom is -0.497 e. The van der Waals surface area contributed by atoms with E-state index in [1.54, 1.807) is 20.3 Å². The monoisotopic (exact) mass is 224 g/mol. The maximum atomic E-state index is 10.2. The highest BCUT2D eigenvalue weighted by Crippen LogP contribution is 2.36. The molecule has 0 bridgehead atoms. The highest BCUT2D eigenvalue weighted by molar-refractivity contribution is 5.39. The lowest BCUT2D eigenvalue weighted by Crippen LogP contribution is -2.17. The smallest absolute Gasteiger partial charge is 0.122 e. The largest absolute Gasteiger partial charge is 0.497 e. The fraction of sp³-hybridized carbons (Fsp3) is 0.538. The quantitative estimate of drug-likeness (QED) is 0.858. The normalized spacial score (nSPS) is 13.4. The summed E-state index contributed by atoms with van der Waals surface area (Å²) >= 11 is 0. The Bertz CT molecular complexity index is 330. The van der Waals surface area contributed by atoms with Crippen LogP contribution in [0.3, 0.4) is 0 Å². The van der Waals surface area contributed by atoms with Crippen molar-refractivity contribution >= 4 is 0 Å². The van der Waals surface area contributed by atoms with Crippen molar-refractivity contribution in [3.8, 4) is 11.5 Å². The van der Waals surface area contributed by atoms with E-state index in [2.05, 4.69) is 0 Å². The van der Waals surface area contributed by atoms with Crippen LogP contribution in [0.5, 0.6) is 11.5 Å². The summed E-state index contributed by atoms with van der Waals surface area (Å²) in [6.07, 6.45) is -0.545. The molecule has 3 nitrogen and oxygen atoms in total. The Morgan fingerprint density at radius 1 is 1.00 bits per heavy atom. The van der Waals surface area contributed by atoms with Crippen molar-refractivity contribution in [1.82, 2.24) is 0 Å². The molecule has 3 heteroatoms. The van der Waals surface area contributed by atoms with Gasteiger partial charge in [-0.3, -0.25) is 0 Å². The van der Waals surface area contributed by atoms with Gasteiger partial charge in [0, 0.05) is 6.07 Å². The highest BCUT2D eigenvalue weighted by atomic mass is 16.5. The van der Waals surface area contributed by atoms with Gasteiger partial charge in [0.1, 0.15) is 11.5 Å². The molecule has 0 radical (unpaired) electrons. The first-order valence-electron chi connectivity index (χ1n) is 5.29. The van der Waals surface area contributed by atoms with Crippen LogP contribution in [0.1, 0.15) is 32.4 Å². The van der Waals surface area contributed by atoms with Gasteiger partial charge in [0.15, 0.2) is 0 Å². The third-order valence-corrected chi connectivity index (χ3v) is 2.51. The van der Waals surface area contributed by atoms with Gasteiger partial charge in [-0.25, -0.2) is 0 Å². The Kier molecular flexibility index (Phi) is 3.81. The van der Waals surface area contributed by atoms with E-state index in [0.717, 1.165) is 5.56 Å². The number of aliphatic hydroxyl groups excluding tert-OH is 1. The Hall–Kier alpha value is -1.22. The van der Waals surface area contributed by atoms with E-state index in [1.807, 2.05) is 32.9 Å². The average molecular weight is 224 g/mol. The van der Waals surface area contributed by atoms with Crippen LogP contribution in [-0.2, 0) is 0 Å². The van der Waals surface area contributed by atoms with E-state index in [-0.39, 0.29) is 5.41 Å². The van der Waals surface area contributed by atoms with Gasteiger partial charge in [0.2, 0.25) is 0 Å². The number of benzene rings is 1. The molecule has 0 saturated carbocycles. The van der Waals surface area contributed by atoms with Crippen LogP contribution in [0, 0.1) is 5.41 Å². The number of ether oxygens (including phenoxy) is 2. The first kappa shape index (κ1) is 12.8. The average Bonchev–Trinajstić information content (AvgIpc) is 2.26. The topological polar surface area (TPSA) is 38.7 Å².